The van der Waals surface area contributed by atoms with Gasteiger partial charge in [0, 0.05) is 5.69 Å². The van der Waals surface area contributed by atoms with Gasteiger partial charge in [0.15, 0.2) is 0 Å². The van der Waals surface area contributed by atoms with E-state index in [1.54, 1.807) is 12.1 Å². The topological polar surface area (TPSA) is 46.2 Å². The van der Waals surface area contributed by atoms with Crippen molar-refractivity contribution in [1.29, 1.82) is 0 Å². The van der Waals surface area contributed by atoms with Crippen LogP contribution in [0.3, 0.4) is 0 Å². The molecule has 124 valence electrons. The fraction of sp³-hybridized carbons (Fsp3) is 0.250. The first-order valence-corrected chi connectivity index (χ1v) is 8.38. The van der Waals surface area contributed by atoms with Crippen LogP contribution in [-0.4, -0.2) is 8.42 Å². The maximum Gasteiger partial charge on any atom is 0.416 e. The van der Waals surface area contributed by atoms with Crippen LogP contribution in [0.4, 0.5) is 18.9 Å². The Morgan fingerprint density at radius 2 is 1.61 bits per heavy atom. The molecule has 2 rings (SSSR count). The summed E-state index contributed by atoms with van der Waals surface area (Å²) in [6.07, 6.45) is -4.53. The first kappa shape index (κ1) is 17.3. The lowest BCUT2D eigenvalue weighted by Gasteiger charge is -2.12. The molecule has 2 aromatic carbocycles. The molecule has 0 bridgehead atoms. The summed E-state index contributed by atoms with van der Waals surface area (Å²) in [5.41, 5.74) is -0.0661. The fourth-order valence-corrected chi connectivity index (χ4v) is 3.05. The summed E-state index contributed by atoms with van der Waals surface area (Å²) in [6.45, 7) is 3.95. The smallest absolute Gasteiger partial charge is 0.280 e. The molecule has 0 aliphatic rings. The maximum atomic E-state index is 12.7. The Kier molecular flexibility index (Phi) is 4.70. The molecule has 0 amide bonds. The van der Waals surface area contributed by atoms with Crippen molar-refractivity contribution in [2.24, 2.45) is 0 Å². The van der Waals surface area contributed by atoms with Crippen LogP contribution in [0.1, 0.15) is 30.9 Å². The third-order valence-electron chi connectivity index (χ3n) is 3.30. The first-order chi connectivity index (χ1) is 10.6. The van der Waals surface area contributed by atoms with Crippen molar-refractivity contribution in [3.63, 3.8) is 0 Å². The minimum Gasteiger partial charge on any atom is -0.280 e. The molecular formula is C16H16F3NO2S. The highest BCUT2D eigenvalue weighted by Gasteiger charge is 2.30. The number of alkyl halides is 3. The van der Waals surface area contributed by atoms with E-state index in [2.05, 4.69) is 4.72 Å². The largest absolute Gasteiger partial charge is 0.416 e. The number of halogens is 3. The van der Waals surface area contributed by atoms with Crippen molar-refractivity contribution in [3.05, 3.63) is 59.7 Å². The molecule has 3 nitrogen and oxygen atoms in total. The van der Waals surface area contributed by atoms with Crippen LogP contribution in [0, 0.1) is 0 Å². The van der Waals surface area contributed by atoms with Crippen molar-refractivity contribution < 1.29 is 21.6 Å². The van der Waals surface area contributed by atoms with Gasteiger partial charge < -0.3 is 0 Å². The molecule has 0 aromatic heterocycles. The molecule has 2 aromatic rings. The van der Waals surface area contributed by atoms with E-state index in [0.717, 1.165) is 23.8 Å². The van der Waals surface area contributed by atoms with Crippen molar-refractivity contribution >= 4 is 15.7 Å². The molecule has 0 unspecified atom stereocenters. The van der Waals surface area contributed by atoms with Gasteiger partial charge in [-0.2, -0.15) is 13.2 Å². The highest BCUT2D eigenvalue weighted by molar-refractivity contribution is 7.92. The lowest BCUT2D eigenvalue weighted by atomic mass is 10.0. The van der Waals surface area contributed by atoms with Crippen LogP contribution in [-0.2, 0) is 16.2 Å². The van der Waals surface area contributed by atoms with Gasteiger partial charge in [0.1, 0.15) is 0 Å². The van der Waals surface area contributed by atoms with Crippen LogP contribution in [0.25, 0.3) is 0 Å². The average molecular weight is 343 g/mol. The standard InChI is InChI=1S/C16H16F3NO2S/c1-11(2)12-6-8-15(9-7-12)23(21,22)20-14-5-3-4-13(10-14)16(17,18)19/h3-11,20H,1-2H3. The first-order valence-electron chi connectivity index (χ1n) is 6.89. The third-order valence-corrected chi connectivity index (χ3v) is 4.70. The zero-order chi connectivity index (χ0) is 17.3. The molecule has 0 fully saturated rings. The van der Waals surface area contributed by atoms with E-state index in [0.29, 0.717) is 0 Å². The van der Waals surface area contributed by atoms with Crippen LogP contribution in [0.15, 0.2) is 53.4 Å². The number of hydrogen-bond acceptors (Lipinski definition) is 2. The lowest BCUT2D eigenvalue weighted by Crippen LogP contribution is -2.14. The van der Waals surface area contributed by atoms with Crippen molar-refractivity contribution in [2.75, 3.05) is 4.72 Å². The van der Waals surface area contributed by atoms with Gasteiger partial charge in [-0.3, -0.25) is 4.72 Å². The summed E-state index contributed by atoms with van der Waals surface area (Å²) in [4.78, 5) is -0.000637. The second-order valence-corrected chi connectivity index (χ2v) is 7.09. The molecule has 0 heterocycles. The Balaban J connectivity index is 2.28. The van der Waals surface area contributed by atoms with Crippen LogP contribution >= 0.6 is 0 Å². The maximum absolute atomic E-state index is 12.7. The summed E-state index contributed by atoms with van der Waals surface area (Å²) in [5, 5.41) is 0. The molecule has 0 radical (unpaired) electrons. The highest BCUT2D eigenvalue weighted by Crippen LogP contribution is 2.31. The molecule has 0 aliphatic heterocycles. The normalized spacial score (nSPS) is 12.4. The summed E-state index contributed by atoms with van der Waals surface area (Å²) in [6, 6.07) is 10.3. The number of benzene rings is 2. The summed E-state index contributed by atoms with van der Waals surface area (Å²) < 4.78 is 64.7. The quantitative estimate of drug-likeness (QED) is 0.880. The van der Waals surface area contributed by atoms with E-state index >= 15 is 0 Å². The Bertz CT molecular complexity index is 782. The Morgan fingerprint density at radius 3 is 2.13 bits per heavy atom. The zero-order valence-electron chi connectivity index (χ0n) is 12.6. The van der Waals surface area contributed by atoms with Gasteiger partial charge >= 0.3 is 6.18 Å². The molecule has 0 aliphatic carbocycles. The summed E-state index contributed by atoms with van der Waals surface area (Å²) in [5.74, 6) is 0.253. The van der Waals surface area contributed by atoms with Gasteiger partial charge in [0.25, 0.3) is 10.0 Å². The molecule has 0 spiro atoms. The predicted octanol–water partition coefficient (Wildman–Crippen LogP) is 4.63. The Morgan fingerprint density at radius 1 is 1.00 bits per heavy atom. The van der Waals surface area contributed by atoms with Crippen molar-refractivity contribution in [3.8, 4) is 0 Å². The van der Waals surface area contributed by atoms with Gasteiger partial charge in [0.2, 0.25) is 0 Å². The molecular weight excluding hydrogens is 327 g/mol. The summed E-state index contributed by atoms with van der Waals surface area (Å²) in [7, 11) is -3.94. The molecule has 23 heavy (non-hydrogen) atoms. The third kappa shape index (κ3) is 4.25. The van der Waals surface area contributed by atoms with E-state index in [1.165, 1.54) is 18.2 Å². The van der Waals surface area contributed by atoms with Crippen LogP contribution in [0.5, 0.6) is 0 Å². The number of anilines is 1. The number of hydrogen-bond donors (Lipinski definition) is 1. The van der Waals surface area contributed by atoms with E-state index in [9.17, 15) is 21.6 Å². The predicted molar refractivity (Wildman–Crippen MR) is 82.8 cm³/mol. The Labute approximate surface area is 133 Å². The molecule has 7 heteroatoms. The van der Waals surface area contributed by atoms with Crippen molar-refractivity contribution in [1.82, 2.24) is 0 Å². The van der Waals surface area contributed by atoms with Gasteiger partial charge in [-0.15, -0.1) is 0 Å². The van der Waals surface area contributed by atoms with Gasteiger partial charge in [-0.25, -0.2) is 8.42 Å². The van der Waals surface area contributed by atoms with E-state index in [-0.39, 0.29) is 16.5 Å². The zero-order valence-corrected chi connectivity index (χ0v) is 13.4. The van der Waals surface area contributed by atoms with Gasteiger partial charge in [0.05, 0.1) is 10.5 Å². The second kappa shape index (κ2) is 6.23. The monoisotopic (exact) mass is 343 g/mol. The minimum atomic E-state index is -4.53. The van der Waals surface area contributed by atoms with E-state index in [4.69, 9.17) is 0 Å². The number of rotatable bonds is 4. The van der Waals surface area contributed by atoms with Crippen LogP contribution < -0.4 is 4.72 Å². The van der Waals surface area contributed by atoms with Crippen LogP contribution in [0.2, 0.25) is 0 Å². The lowest BCUT2D eigenvalue weighted by molar-refractivity contribution is -0.137. The number of nitrogens with one attached hydrogen (secondary N) is 1. The SMILES string of the molecule is CC(C)c1ccc(S(=O)(=O)Nc2cccc(C(F)(F)F)c2)cc1. The Hall–Kier alpha value is -2.02. The van der Waals surface area contributed by atoms with Crippen molar-refractivity contribution in [2.45, 2.75) is 30.8 Å². The fourth-order valence-electron chi connectivity index (χ4n) is 2.00. The number of sulfonamides is 1. The van der Waals surface area contributed by atoms with E-state index in [1.807, 2.05) is 13.8 Å². The second-order valence-electron chi connectivity index (χ2n) is 5.41. The molecule has 0 saturated heterocycles. The van der Waals surface area contributed by atoms with E-state index < -0.39 is 21.8 Å². The summed E-state index contributed by atoms with van der Waals surface area (Å²) >= 11 is 0. The highest BCUT2D eigenvalue weighted by atomic mass is 32.2. The molecule has 0 atom stereocenters. The molecule has 0 saturated carbocycles. The van der Waals surface area contributed by atoms with Gasteiger partial charge in [-0.1, -0.05) is 32.0 Å². The molecule has 1 N–H and O–H groups in total. The minimum absolute atomic E-state index is 0.000637. The average Bonchev–Trinajstić information content (AvgIpc) is 2.46. The van der Waals surface area contributed by atoms with Gasteiger partial charge in [-0.05, 0) is 41.8 Å².